The number of aliphatic hydroxyl groups excluding tert-OH is 2. The molecule has 0 spiro atoms. The molecule has 0 aromatic carbocycles. The van der Waals surface area contributed by atoms with Crippen LogP contribution in [0.2, 0.25) is 0 Å². The summed E-state index contributed by atoms with van der Waals surface area (Å²) >= 11 is 0. The minimum atomic E-state index is -0.839. The predicted octanol–water partition coefficient (Wildman–Crippen LogP) is 12.6. The summed E-state index contributed by atoms with van der Waals surface area (Å²) in [4.78, 5) is 12.4. The summed E-state index contributed by atoms with van der Waals surface area (Å²) in [6.45, 7) is 4.28. The molecule has 2 atom stereocenters. The number of carbonyl (C=O) groups excluding carboxylic acids is 1. The van der Waals surface area contributed by atoms with Crippen LogP contribution in [0.3, 0.4) is 0 Å². The molecule has 4 heteroatoms. The Morgan fingerprint density at radius 2 is 0.872 bits per heavy atom. The molecule has 0 aromatic heterocycles. The third-order valence-electron chi connectivity index (χ3n) is 9.37. The van der Waals surface area contributed by atoms with Gasteiger partial charge in [0.15, 0.2) is 0 Å². The van der Waals surface area contributed by atoms with Gasteiger partial charge in [-0.3, -0.25) is 4.79 Å². The van der Waals surface area contributed by atoms with Crippen LogP contribution in [0.15, 0.2) is 36.5 Å². The van der Waals surface area contributed by atoms with E-state index in [0.29, 0.717) is 6.42 Å². The summed E-state index contributed by atoms with van der Waals surface area (Å²) in [5.41, 5.74) is 0. The summed E-state index contributed by atoms with van der Waals surface area (Å²) in [5.74, 6) is -0.0690. The summed E-state index contributed by atoms with van der Waals surface area (Å²) < 4.78 is 0. The van der Waals surface area contributed by atoms with Crippen LogP contribution in [-0.2, 0) is 4.79 Å². The van der Waals surface area contributed by atoms with Crippen LogP contribution in [-0.4, -0.2) is 34.9 Å². The smallest absolute Gasteiger partial charge is 0.220 e. The van der Waals surface area contributed by atoms with Gasteiger partial charge >= 0.3 is 0 Å². The highest BCUT2D eigenvalue weighted by molar-refractivity contribution is 5.76. The highest BCUT2D eigenvalue weighted by atomic mass is 16.3. The molecule has 0 aliphatic heterocycles. The molecular weight excluding hydrogens is 578 g/mol. The molecule has 3 N–H and O–H groups in total. The maximum Gasteiger partial charge on any atom is 0.220 e. The number of nitrogens with one attached hydrogen (secondary N) is 1. The Kier molecular flexibility index (Phi) is 37.9. The average molecular weight is 660 g/mol. The molecule has 4 nitrogen and oxygen atoms in total. The Hall–Kier alpha value is -1.39. The Morgan fingerprint density at radius 1 is 0.511 bits per heavy atom. The van der Waals surface area contributed by atoms with Crippen LogP contribution < -0.4 is 5.32 Å². The number of allylic oxidation sites excluding steroid dienone is 5. The van der Waals surface area contributed by atoms with Crippen molar-refractivity contribution in [1.29, 1.82) is 0 Å². The monoisotopic (exact) mass is 660 g/mol. The molecular formula is C43H81NO3. The van der Waals surface area contributed by atoms with E-state index in [1.165, 1.54) is 161 Å². The largest absolute Gasteiger partial charge is 0.394 e. The second-order valence-corrected chi connectivity index (χ2v) is 14.1. The normalized spacial score (nSPS) is 13.4. The molecule has 0 saturated carbocycles. The van der Waals surface area contributed by atoms with E-state index >= 15 is 0 Å². The third kappa shape index (κ3) is 35.7. The number of hydrogen-bond acceptors (Lipinski definition) is 3. The molecule has 0 aromatic rings. The number of amides is 1. The highest BCUT2D eigenvalue weighted by Crippen LogP contribution is 2.14. The van der Waals surface area contributed by atoms with Crippen LogP contribution in [0.1, 0.15) is 213 Å². The summed E-state index contributed by atoms with van der Waals surface area (Å²) in [5, 5.41) is 23.0. The highest BCUT2D eigenvalue weighted by Gasteiger charge is 2.17. The Labute approximate surface area is 293 Å². The van der Waals surface area contributed by atoms with Gasteiger partial charge in [0.25, 0.3) is 0 Å². The van der Waals surface area contributed by atoms with E-state index < -0.39 is 12.1 Å². The number of unbranched alkanes of at least 4 members (excludes halogenated alkanes) is 26. The van der Waals surface area contributed by atoms with Crippen molar-refractivity contribution in [2.75, 3.05) is 6.61 Å². The molecule has 276 valence electrons. The van der Waals surface area contributed by atoms with E-state index in [4.69, 9.17) is 0 Å². The Morgan fingerprint density at radius 3 is 1.32 bits per heavy atom. The minimum Gasteiger partial charge on any atom is -0.394 e. The molecule has 47 heavy (non-hydrogen) atoms. The molecule has 2 unspecified atom stereocenters. The summed E-state index contributed by atoms with van der Waals surface area (Å²) in [6.07, 6.45) is 50.9. The lowest BCUT2D eigenvalue weighted by Crippen LogP contribution is -2.45. The average Bonchev–Trinajstić information content (AvgIpc) is 3.07. The van der Waals surface area contributed by atoms with E-state index in [9.17, 15) is 15.0 Å². The molecule has 0 aliphatic rings. The maximum absolute atomic E-state index is 12.4. The van der Waals surface area contributed by atoms with Crippen molar-refractivity contribution in [1.82, 2.24) is 5.32 Å². The molecule has 0 bridgehead atoms. The molecule has 0 aliphatic carbocycles. The lowest BCUT2D eigenvalue weighted by Gasteiger charge is -2.20. The summed E-state index contributed by atoms with van der Waals surface area (Å²) in [6, 6.07) is -0.622. The van der Waals surface area contributed by atoms with E-state index in [-0.39, 0.29) is 12.5 Å². The lowest BCUT2D eigenvalue weighted by molar-refractivity contribution is -0.123. The first kappa shape index (κ1) is 45.6. The SMILES string of the molecule is CCCCC/C=C\C/C=C\CCCCCCCCCCCC(=O)NC(CO)C(O)/C=C/CCCCCCCCCCCCCCCC. The molecule has 0 saturated heterocycles. The Balaban J connectivity index is 3.59. The van der Waals surface area contributed by atoms with Crippen LogP contribution in [0.5, 0.6) is 0 Å². The third-order valence-corrected chi connectivity index (χ3v) is 9.37. The minimum absolute atomic E-state index is 0.0690. The van der Waals surface area contributed by atoms with Crippen molar-refractivity contribution in [3.05, 3.63) is 36.5 Å². The second kappa shape index (κ2) is 39.1. The van der Waals surface area contributed by atoms with E-state index in [1.807, 2.05) is 6.08 Å². The van der Waals surface area contributed by atoms with Gasteiger partial charge in [0.2, 0.25) is 5.91 Å². The van der Waals surface area contributed by atoms with Gasteiger partial charge in [0, 0.05) is 6.42 Å². The Bertz CT molecular complexity index is 716. The zero-order valence-electron chi connectivity index (χ0n) is 31.5. The van der Waals surface area contributed by atoms with Gasteiger partial charge in [-0.15, -0.1) is 0 Å². The molecule has 0 radical (unpaired) electrons. The lowest BCUT2D eigenvalue weighted by atomic mass is 10.0. The number of rotatable bonds is 37. The van der Waals surface area contributed by atoms with Crippen molar-refractivity contribution in [3.8, 4) is 0 Å². The fourth-order valence-corrected chi connectivity index (χ4v) is 6.15. The molecule has 0 heterocycles. The fraction of sp³-hybridized carbons (Fsp3) is 0.837. The first-order chi connectivity index (χ1) is 23.2. The fourth-order valence-electron chi connectivity index (χ4n) is 6.15. The van der Waals surface area contributed by atoms with Gasteiger partial charge in [-0.05, 0) is 51.4 Å². The molecule has 0 fully saturated rings. The van der Waals surface area contributed by atoms with Gasteiger partial charge in [-0.1, -0.05) is 192 Å². The van der Waals surface area contributed by atoms with E-state index in [0.717, 1.165) is 32.1 Å². The second-order valence-electron chi connectivity index (χ2n) is 14.1. The van der Waals surface area contributed by atoms with E-state index in [1.54, 1.807) is 6.08 Å². The van der Waals surface area contributed by atoms with Crippen molar-refractivity contribution < 1.29 is 15.0 Å². The van der Waals surface area contributed by atoms with Gasteiger partial charge in [-0.2, -0.15) is 0 Å². The number of aliphatic hydroxyl groups is 2. The van der Waals surface area contributed by atoms with Crippen LogP contribution in [0.25, 0.3) is 0 Å². The first-order valence-electron chi connectivity index (χ1n) is 20.7. The quantitative estimate of drug-likeness (QED) is 0.0459. The standard InChI is InChI=1S/C43H81NO3/c1-3-5-7-9-11-13-15-17-19-21-22-23-25-27-29-31-33-35-37-39-43(47)44-41(40-45)42(46)38-36-34-32-30-28-26-24-20-18-16-14-12-10-8-6-4-2/h11,13,17,19,36,38,41-42,45-46H,3-10,12,14-16,18,20-35,37,39-40H2,1-2H3,(H,44,47)/b13-11-,19-17-,38-36+. The number of hydrogen-bond donors (Lipinski definition) is 3. The van der Waals surface area contributed by atoms with Gasteiger partial charge in [-0.25, -0.2) is 0 Å². The zero-order chi connectivity index (χ0) is 34.3. The number of carbonyl (C=O) groups is 1. The van der Waals surface area contributed by atoms with Crippen LogP contribution >= 0.6 is 0 Å². The zero-order valence-corrected chi connectivity index (χ0v) is 31.5. The van der Waals surface area contributed by atoms with Gasteiger partial charge in [0.05, 0.1) is 18.8 Å². The molecule has 0 rings (SSSR count). The topological polar surface area (TPSA) is 69.6 Å². The van der Waals surface area contributed by atoms with Gasteiger partial charge in [0.1, 0.15) is 0 Å². The van der Waals surface area contributed by atoms with Crippen molar-refractivity contribution >= 4 is 5.91 Å². The maximum atomic E-state index is 12.4. The van der Waals surface area contributed by atoms with Crippen LogP contribution in [0.4, 0.5) is 0 Å². The van der Waals surface area contributed by atoms with Crippen molar-refractivity contribution in [2.24, 2.45) is 0 Å². The van der Waals surface area contributed by atoms with E-state index in [2.05, 4.69) is 43.5 Å². The molecule has 1 amide bonds. The predicted molar refractivity (Wildman–Crippen MR) is 207 cm³/mol. The van der Waals surface area contributed by atoms with Gasteiger partial charge < -0.3 is 15.5 Å². The van der Waals surface area contributed by atoms with Crippen molar-refractivity contribution in [2.45, 2.75) is 225 Å². The first-order valence-corrected chi connectivity index (χ1v) is 20.7. The van der Waals surface area contributed by atoms with Crippen molar-refractivity contribution in [3.63, 3.8) is 0 Å². The van der Waals surface area contributed by atoms with Crippen LogP contribution in [0, 0.1) is 0 Å². The summed E-state index contributed by atoms with van der Waals surface area (Å²) in [7, 11) is 0.